The number of carbonyl (C=O) groups excluding carboxylic acids is 1. The monoisotopic (exact) mass is 473 g/mol. The van der Waals surface area contributed by atoms with Gasteiger partial charge < -0.3 is 19.8 Å². The van der Waals surface area contributed by atoms with Crippen LogP contribution in [0, 0.1) is 5.92 Å². The number of ether oxygens (including phenoxy) is 1. The van der Waals surface area contributed by atoms with Gasteiger partial charge in [0.05, 0.1) is 37.1 Å². The number of likely N-dealkylation sites (N-methyl/N-ethyl adjacent to an activating group) is 1. The van der Waals surface area contributed by atoms with Crippen LogP contribution >= 0.6 is 0 Å². The standard InChI is InChI=1S/C24H35N5O5/c1-17-11-29(18(2)15-30)23(31)9-6-10-28-13-20(25-26-28)16-34-22(17)14-27(3)12-19-7-4-5-8-21(19)24(32)33/h4-5,7-8,13,17-18,22,30H,6,9-12,14-16H2,1-3H3,(H,32,33)/t17-,18+,22+/m0/s1. The molecule has 0 unspecified atom stereocenters. The molecule has 3 atom stereocenters. The lowest BCUT2D eigenvalue weighted by Crippen LogP contribution is -2.47. The Morgan fingerprint density at radius 3 is 2.85 bits per heavy atom. The molecule has 1 aliphatic heterocycles. The fourth-order valence-corrected chi connectivity index (χ4v) is 4.22. The number of carboxylic acid groups (broad SMARTS) is 1. The normalized spacial score (nSPS) is 21.0. The van der Waals surface area contributed by atoms with Crippen LogP contribution in [0.15, 0.2) is 30.5 Å². The minimum Gasteiger partial charge on any atom is -0.478 e. The van der Waals surface area contributed by atoms with Crippen molar-refractivity contribution in [2.24, 2.45) is 5.92 Å². The topological polar surface area (TPSA) is 121 Å². The Balaban J connectivity index is 1.79. The van der Waals surface area contributed by atoms with Crippen LogP contribution < -0.4 is 0 Å². The minimum absolute atomic E-state index is 0.00419. The van der Waals surface area contributed by atoms with Crippen molar-refractivity contribution in [1.29, 1.82) is 0 Å². The zero-order valence-electron chi connectivity index (χ0n) is 20.1. The first-order valence-electron chi connectivity index (χ1n) is 11.7. The van der Waals surface area contributed by atoms with E-state index in [0.717, 1.165) is 11.3 Å². The molecule has 0 radical (unpaired) electrons. The molecule has 1 amide bonds. The van der Waals surface area contributed by atoms with Gasteiger partial charge in [-0.15, -0.1) is 5.10 Å². The number of aliphatic hydroxyl groups is 1. The van der Waals surface area contributed by atoms with Gasteiger partial charge in [0.2, 0.25) is 5.91 Å². The van der Waals surface area contributed by atoms with Crippen molar-refractivity contribution in [2.45, 2.75) is 58.5 Å². The SMILES string of the molecule is C[C@H](CO)N1C[C@H](C)[C@@H](CN(C)Cc2ccccc2C(=O)O)OCc2cn(nn2)CCCC1=O. The summed E-state index contributed by atoms with van der Waals surface area (Å²) >= 11 is 0. The lowest BCUT2D eigenvalue weighted by molar-refractivity contribution is -0.136. The number of carboxylic acids is 1. The average Bonchev–Trinajstić information content (AvgIpc) is 3.26. The van der Waals surface area contributed by atoms with Crippen LogP contribution in [0.25, 0.3) is 0 Å². The van der Waals surface area contributed by atoms with Crippen LogP contribution in [-0.2, 0) is 29.2 Å². The van der Waals surface area contributed by atoms with Crippen molar-refractivity contribution in [2.75, 3.05) is 26.7 Å². The number of aromatic carboxylic acids is 1. The van der Waals surface area contributed by atoms with Gasteiger partial charge >= 0.3 is 5.97 Å². The quantitative estimate of drug-likeness (QED) is 0.623. The Morgan fingerprint density at radius 1 is 1.35 bits per heavy atom. The fourth-order valence-electron chi connectivity index (χ4n) is 4.22. The highest BCUT2D eigenvalue weighted by Gasteiger charge is 2.28. The lowest BCUT2D eigenvalue weighted by Gasteiger charge is -2.35. The maximum absolute atomic E-state index is 13.0. The second-order valence-corrected chi connectivity index (χ2v) is 9.14. The molecule has 10 nitrogen and oxygen atoms in total. The van der Waals surface area contributed by atoms with Gasteiger partial charge in [-0.3, -0.25) is 14.4 Å². The van der Waals surface area contributed by atoms with Gasteiger partial charge in [-0.25, -0.2) is 4.79 Å². The molecule has 2 bridgehead atoms. The van der Waals surface area contributed by atoms with E-state index in [0.29, 0.717) is 39.0 Å². The Labute approximate surface area is 200 Å². The number of hydrogen-bond donors (Lipinski definition) is 2. The summed E-state index contributed by atoms with van der Waals surface area (Å²) in [5, 5.41) is 27.5. The van der Waals surface area contributed by atoms with Crippen molar-refractivity contribution in [1.82, 2.24) is 24.8 Å². The number of hydrogen-bond acceptors (Lipinski definition) is 7. The van der Waals surface area contributed by atoms with Crippen LogP contribution in [0.4, 0.5) is 0 Å². The second kappa shape index (κ2) is 12.0. The van der Waals surface area contributed by atoms with Gasteiger partial charge in [0.1, 0.15) is 5.69 Å². The zero-order valence-corrected chi connectivity index (χ0v) is 20.1. The smallest absolute Gasteiger partial charge is 0.336 e. The largest absolute Gasteiger partial charge is 0.478 e. The van der Waals surface area contributed by atoms with E-state index in [1.165, 1.54) is 0 Å². The molecule has 0 saturated heterocycles. The Bertz CT molecular complexity index is 965. The van der Waals surface area contributed by atoms with Gasteiger partial charge in [0, 0.05) is 38.5 Å². The first kappa shape index (κ1) is 25.8. The molecule has 0 saturated carbocycles. The van der Waals surface area contributed by atoms with Crippen molar-refractivity contribution < 1.29 is 24.5 Å². The van der Waals surface area contributed by atoms with E-state index in [4.69, 9.17) is 4.74 Å². The third-order valence-corrected chi connectivity index (χ3v) is 6.22. The van der Waals surface area contributed by atoms with Gasteiger partial charge in [0.15, 0.2) is 0 Å². The van der Waals surface area contributed by atoms with E-state index in [1.807, 2.05) is 44.1 Å². The summed E-state index contributed by atoms with van der Waals surface area (Å²) in [5.74, 6) is -0.993. The van der Waals surface area contributed by atoms with Crippen molar-refractivity contribution in [3.8, 4) is 0 Å². The zero-order chi connectivity index (χ0) is 24.7. The molecule has 2 N–H and O–H groups in total. The molecule has 1 aromatic carbocycles. The highest BCUT2D eigenvalue weighted by Crippen LogP contribution is 2.19. The minimum atomic E-state index is -0.953. The second-order valence-electron chi connectivity index (χ2n) is 9.14. The number of carbonyl (C=O) groups is 2. The molecular weight excluding hydrogens is 438 g/mol. The van der Waals surface area contributed by atoms with Crippen LogP contribution in [0.2, 0.25) is 0 Å². The van der Waals surface area contributed by atoms with E-state index >= 15 is 0 Å². The average molecular weight is 474 g/mol. The summed E-state index contributed by atoms with van der Waals surface area (Å²) in [6.07, 6.45) is 2.59. The van der Waals surface area contributed by atoms with Gasteiger partial charge in [-0.1, -0.05) is 30.3 Å². The molecular formula is C24H35N5O5. The number of rotatable bonds is 7. The molecule has 1 aliphatic rings. The van der Waals surface area contributed by atoms with E-state index in [-0.39, 0.29) is 42.7 Å². The van der Waals surface area contributed by atoms with E-state index in [2.05, 4.69) is 10.3 Å². The van der Waals surface area contributed by atoms with E-state index in [1.54, 1.807) is 21.7 Å². The number of benzene rings is 1. The Hall–Kier alpha value is -2.82. The molecule has 186 valence electrons. The summed E-state index contributed by atoms with van der Waals surface area (Å²) in [6, 6.07) is 6.67. The summed E-state index contributed by atoms with van der Waals surface area (Å²) in [6.45, 7) is 6.07. The number of amides is 1. The first-order valence-corrected chi connectivity index (χ1v) is 11.7. The maximum atomic E-state index is 13.0. The lowest BCUT2D eigenvalue weighted by atomic mass is 10.0. The number of fused-ring (bicyclic) bond motifs is 2. The predicted octanol–water partition coefficient (Wildman–Crippen LogP) is 1.63. The molecule has 0 fully saturated rings. The van der Waals surface area contributed by atoms with Gasteiger partial charge in [-0.05, 0) is 32.0 Å². The third-order valence-electron chi connectivity index (χ3n) is 6.22. The highest BCUT2D eigenvalue weighted by atomic mass is 16.5. The summed E-state index contributed by atoms with van der Waals surface area (Å²) in [4.78, 5) is 28.3. The number of aryl methyl sites for hydroxylation is 1. The van der Waals surface area contributed by atoms with Crippen LogP contribution in [-0.4, -0.2) is 85.8 Å². The molecule has 3 rings (SSSR count). The fraction of sp³-hybridized carbons (Fsp3) is 0.583. The predicted molar refractivity (Wildman–Crippen MR) is 125 cm³/mol. The maximum Gasteiger partial charge on any atom is 0.336 e. The Kier molecular flexibility index (Phi) is 9.14. The molecule has 0 spiro atoms. The highest BCUT2D eigenvalue weighted by molar-refractivity contribution is 5.89. The van der Waals surface area contributed by atoms with Crippen molar-refractivity contribution >= 4 is 11.9 Å². The molecule has 0 aliphatic carbocycles. The number of aromatic nitrogens is 3. The van der Waals surface area contributed by atoms with Crippen molar-refractivity contribution in [3.63, 3.8) is 0 Å². The van der Waals surface area contributed by atoms with Gasteiger partial charge in [0.25, 0.3) is 0 Å². The van der Waals surface area contributed by atoms with Gasteiger partial charge in [-0.2, -0.15) is 0 Å². The molecule has 2 heterocycles. The molecule has 34 heavy (non-hydrogen) atoms. The molecule has 1 aromatic heterocycles. The Morgan fingerprint density at radius 2 is 2.12 bits per heavy atom. The number of nitrogens with zero attached hydrogens (tertiary/aromatic N) is 5. The molecule has 2 aromatic rings. The summed E-state index contributed by atoms with van der Waals surface area (Å²) in [5.41, 5.74) is 1.73. The van der Waals surface area contributed by atoms with E-state index in [9.17, 15) is 19.8 Å². The first-order chi connectivity index (χ1) is 16.3. The summed E-state index contributed by atoms with van der Waals surface area (Å²) in [7, 11) is 1.92. The van der Waals surface area contributed by atoms with Crippen LogP contribution in [0.1, 0.15) is 48.3 Å². The molecule has 10 heteroatoms. The van der Waals surface area contributed by atoms with Crippen molar-refractivity contribution in [3.05, 3.63) is 47.3 Å². The van der Waals surface area contributed by atoms with E-state index < -0.39 is 5.97 Å². The third kappa shape index (κ3) is 6.85. The van der Waals surface area contributed by atoms with Crippen LogP contribution in [0.5, 0.6) is 0 Å². The van der Waals surface area contributed by atoms with Crippen LogP contribution in [0.3, 0.4) is 0 Å². The number of aliphatic hydroxyl groups excluding tert-OH is 1. The summed E-state index contributed by atoms with van der Waals surface area (Å²) < 4.78 is 7.99.